The highest BCUT2D eigenvalue weighted by Crippen LogP contribution is 2.23. The number of hydrogen-bond donors (Lipinski definition) is 2. The van der Waals surface area contributed by atoms with E-state index in [1.807, 2.05) is 0 Å². The minimum atomic E-state index is -0.686. The third kappa shape index (κ3) is 6.82. The molecule has 0 unspecified atom stereocenters. The number of anilines is 2. The summed E-state index contributed by atoms with van der Waals surface area (Å²) >= 11 is 0. The zero-order chi connectivity index (χ0) is 27.2. The molecule has 0 radical (unpaired) electrons. The lowest BCUT2D eigenvalue weighted by Gasteiger charge is -2.23. The van der Waals surface area contributed by atoms with Crippen molar-refractivity contribution in [3.8, 4) is 11.6 Å². The molecule has 1 saturated heterocycles. The summed E-state index contributed by atoms with van der Waals surface area (Å²) in [5, 5.41) is 5.98. The highest BCUT2D eigenvalue weighted by Gasteiger charge is 2.21. The second kappa shape index (κ2) is 11.8. The Balaban J connectivity index is 1.39. The summed E-state index contributed by atoms with van der Waals surface area (Å²) in [5.41, 5.74) is 0.538. The molecule has 9 nitrogen and oxygen atoms in total. The Morgan fingerprint density at radius 3 is 2.46 bits per heavy atom. The van der Waals surface area contributed by atoms with Crippen LogP contribution in [0.4, 0.5) is 20.4 Å². The van der Waals surface area contributed by atoms with Gasteiger partial charge in [-0.15, -0.1) is 0 Å². The van der Waals surface area contributed by atoms with Crippen LogP contribution in [-0.4, -0.2) is 39.7 Å². The molecule has 2 N–H and O–H groups in total. The van der Waals surface area contributed by atoms with Crippen molar-refractivity contribution < 1.29 is 23.0 Å². The number of halogens is 2. The van der Waals surface area contributed by atoms with Crippen LogP contribution in [0, 0.1) is 11.8 Å². The maximum atomic E-state index is 13.5. The third-order valence-electron chi connectivity index (χ3n) is 6.08. The SMILES string of the molecule is O=C(NC1CCOCC1)c1cn(Cc2ccc(F)cc2)c(Nc2ccc(Oc3cccc(F)n3)cc2)nc1=O. The second-order valence-electron chi connectivity index (χ2n) is 8.95. The number of hydrogen-bond acceptors (Lipinski definition) is 7. The van der Waals surface area contributed by atoms with Crippen LogP contribution in [0.1, 0.15) is 28.8 Å². The van der Waals surface area contributed by atoms with Crippen LogP contribution in [0.5, 0.6) is 11.6 Å². The predicted molar refractivity (Wildman–Crippen MR) is 139 cm³/mol. The minimum absolute atomic E-state index is 0.0858. The number of benzene rings is 2. The molecule has 1 aliphatic rings. The molecular formula is C28H25F2N5O4. The van der Waals surface area contributed by atoms with Gasteiger partial charge in [-0.05, 0) is 60.9 Å². The van der Waals surface area contributed by atoms with Gasteiger partial charge in [-0.1, -0.05) is 18.2 Å². The van der Waals surface area contributed by atoms with Crippen LogP contribution < -0.4 is 20.9 Å². The molecule has 0 saturated carbocycles. The van der Waals surface area contributed by atoms with Crippen LogP contribution in [-0.2, 0) is 11.3 Å². The van der Waals surface area contributed by atoms with E-state index >= 15 is 0 Å². The summed E-state index contributed by atoms with van der Waals surface area (Å²) in [7, 11) is 0. The molecule has 4 aromatic rings. The zero-order valence-corrected chi connectivity index (χ0v) is 20.8. The molecule has 0 spiro atoms. The molecule has 1 amide bonds. The van der Waals surface area contributed by atoms with E-state index in [9.17, 15) is 18.4 Å². The van der Waals surface area contributed by atoms with Crippen molar-refractivity contribution in [1.82, 2.24) is 19.9 Å². The smallest absolute Gasteiger partial charge is 0.287 e. The number of ether oxygens (including phenoxy) is 2. The molecule has 2 aromatic heterocycles. The van der Waals surface area contributed by atoms with E-state index in [2.05, 4.69) is 20.6 Å². The van der Waals surface area contributed by atoms with E-state index in [-0.39, 0.29) is 35.8 Å². The number of nitrogens with zero attached hydrogens (tertiary/aromatic N) is 3. The van der Waals surface area contributed by atoms with Crippen molar-refractivity contribution >= 4 is 17.5 Å². The Kier molecular flexibility index (Phi) is 7.88. The van der Waals surface area contributed by atoms with Crippen molar-refractivity contribution in [2.24, 2.45) is 0 Å². The van der Waals surface area contributed by atoms with E-state index in [0.717, 1.165) is 5.56 Å². The summed E-state index contributed by atoms with van der Waals surface area (Å²) in [6, 6.07) is 16.7. The highest BCUT2D eigenvalue weighted by atomic mass is 19.1. The summed E-state index contributed by atoms with van der Waals surface area (Å²) in [5.74, 6) is -0.808. The topological polar surface area (TPSA) is 107 Å². The summed E-state index contributed by atoms with van der Waals surface area (Å²) < 4.78 is 39.3. The van der Waals surface area contributed by atoms with E-state index in [4.69, 9.17) is 9.47 Å². The van der Waals surface area contributed by atoms with Crippen molar-refractivity contribution in [2.75, 3.05) is 18.5 Å². The van der Waals surface area contributed by atoms with Crippen LogP contribution >= 0.6 is 0 Å². The highest BCUT2D eigenvalue weighted by molar-refractivity contribution is 5.93. The molecule has 1 aliphatic heterocycles. The quantitative estimate of drug-likeness (QED) is 0.323. The van der Waals surface area contributed by atoms with Gasteiger partial charge in [0.2, 0.25) is 17.8 Å². The van der Waals surface area contributed by atoms with Crippen LogP contribution in [0.3, 0.4) is 0 Å². The molecule has 200 valence electrons. The lowest BCUT2D eigenvalue weighted by atomic mass is 10.1. The molecule has 39 heavy (non-hydrogen) atoms. The number of nitrogens with one attached hydrogen (secondary N) is 2. The molecule has 0 aliphatic carbocycles. The van der Waals surface area contributed by atoms with Gasteiger partial charge in [0.15, 0.2) is 0 Å². The maximum absolute atomic E-state index is 13.5. The summed E-state index contributed by atoms with van der Waals surface area (Å²) in [4.78, 5) is 33.7. The Hall–Kier alpha value is -4.64. The van der Waals surface area contributed by atoms with Gasteiger partial charge in [-0.3, -0.25) is 9.59 Å². The molecule has 1 fully saturated rings. The number of amides is 1. The number of rotatable bonds is 8. The van der Waals surface area contributed by atoms with Gasteiger partial charge in [0.1, 0.15) is 17.1 Å². The first-order chi connectivity index (χ1) is 18.9. The molecule has 0 bridgehead atoms. The van der Waals surface area contributed by atoms with Gasteiger partial charge in [-0.25, -0.2) is 4.39 Å². The van der Waals surface area contributed by atoms with Crippen molar-refractivity contribution in [3.05, 3.63) is 106 Å². The fraction of sp³-hybridized carbons (Fsp3) is 0.214. The first kappa shape index (κ1) is 26.0. The van der Waals surface area contributed by atoms with Crippen LogP contribution in [0.2, 0.25) is 0 Å². The lowest BCUT2D eigenvalue weighted by molar-refractivity contribution is 0.0695. The fourth-order valence-corrected chi connectivity index (χ4v) is 4.06. The fourth-order valence-electron chi connectivity index (χ4n) is 4.06. The van der Waals surface area contributed by atoms with Crippen LogP contribution in [0.15, 0.2) is 77.7 Å². The average molecular weight is 534 g/mol. The molecule has 11 heteroatoms. The van der Waals surface area contributed by atoms with E-state index in [0.29, 0.717) is 37.5 Å². The predicted octanol–water partition coefficient (Wildman–Crippen LogP) is 4.41. The zero-order valence-electron chi connectivity index (χ0n) is 20.8. The number of aromatic nitrogens is 3. The molecule has 5 rings (SSSR count). The third-order valence-corrected chi connectivity index (χ3v) is 6.08. The van der Waals surface area contributed by atoms with Crippen molar-refractivity contribution in [3.63, 3.8) is 0 Å². The summed E-state index contributed by atoms with van der Waals surface area (Å²) in [6.45, 7) is 1.31. The van der Waals surface area contributed by atoms with Gasteiger partial charge < -0.3 is 24.7 Å². The Morgan fingerprint density at radius 1 is 1.00 bits per heavy atom. The molecule has 3 heterocycles. The normalized spacial score (nSPS) is 13.6. The maximum Gasteiger partial charge on any atom is 0.287 e. The first-order valence-corrected chi connectivity index (χ1v) is 12.3. The lowest BCUT2D eigenvalue weighted by Crippen LogP contribution is -2.41. The van der Waals surface area contributed by atoms with E-state index in [1.54, 1.807) is 41.0 Å². The Morgan fingerprint density at radius 2 is 1.74 bits per heavy atom. The first-order valence-electron chi connectivity index (χ1n) is 12.3. The monoisotopic (exact) mass is 533 g/mol. The Bertz CT molecular complexity index is 1500. The van der Waals surface area contributed by atoms with Gasteiger partial charge in [-0.2, -0.15) is 14.4 Å². The van der Waals surface area contributed by atoms with Gasteiger partial charge in [0.05, 0.1) is 6.54 Å². The number of carbonyl (C=O) groups is 1. The largest absolute Gasteiger partial charge is 0.439 e. The van der Waals surface area contributed by atoms with Crippen LogP contribution in [0.25, 0.3) is 0 Å². The van der Waals surface area contributed by atoms with Crippen molar-refractivity contribution in [2.45, 2.75) is 25.4 Å². The molecular weight excluding hydrogens is 508 g/mol. The Labute approximate surface area is 222 Å². The van der Waals surface area contributed by atoms with E-state index in [1.165, 1.54) is 36.5 Å². The van der Waals surface area contributed by atoms with Gasteiger partial charge in [0, 0.05) is 37.2 Å². The average Bonchev–Trinajstić information content (AvgIpc) is 2.93. The van der Waals surface area contributed by atoms with Gasteiger partial charge in [0.25, 0.3) is 11.5 Å². The summed E-state index contributed by atoms with van der Waals surface area (Å²) in [6.07, 6.45) is 2.78. The minimum Gasteiger partial charge on any atom is -0.439 e. The second-order valence-corrected chi connectivity index (χ2v) is 8.95. The van der Waals surface area contributed by atoms with Gasteiger partial charge >= 0.3 is 0 Å². The number of pyridine rings is 1. The number of carbonyl (C=O) groups excluding carboxylic acids is 1. The van der Waals surface area contributed by atoms with E-state index < -0.39 is 17.4 Å². The standard InChI is InChI=1S/C28H25F2N5O4/c29-19-6-4-18(5-7-19)16-35-17-23(26(36)31-21-12-14-38-15-13-21)27(37)34-28(35)32-20-8-10-22(11-9-20)39-25-3-1-2-24(30)33-25/h1-11,17,21H,12-16H2,(H,31,36)(H,32,34,37). The molecule has 2 aromatic carbocycles. The van der Waals surface area contributed by atoms with Crippen molar-refractivity contribution in [1.29, 1.82) is 0 Å². The molecule has 0 atom stereocenters.